The zero-order valence-corrected chi connectivity index (χ0v) is 14.8. The third-order valence-electron chi connectivity index (χ3n) is 4.50. The van der Waals surface area contributed by atoms with Gasteiger partial charge in [0.25, 0.3) is 0 Å². The second-order valence-corrected chi connectivity index (χ2v) is 6.59. The Balaban J connectivity index is 1.59. The lowest BCUT2D eigenvalue weighted by Gasteiger charge is -2.15. The third kappa shape index (κ3) is 4.59. The molecule has 2 unspecified atom stereocenters. The fourth-order valence-corrected chi connectivity index (χ4v) is 2.91. The van der Waals surface area contributed by atoms with Gasteiger partial charge in [0.05, 0.1) is 11.8 Å². The number of halogens is 1. The number of nitrogens with two attached hydrogens (primary N) is 1. The average molecular weight is 357 g/mol. The predicted octanol–water partition coefficient (Wildman–Crippen LogP) is 3.36. The number of nitrogens with one attached hydrogen (secondary N) is 2. The van der Waals surface area contributed by atoms with Crippen molar-refractivity contribution in [1.82, 2.24) is 0 Å². The Kier molecular flexibility index (Phi) is 5.85. The second-order valence-electron chi connectivity index (χ2n) is 6.59. The van der Waals surface area contributed by atoms with E-state index in [-0.39, 0.29) is 12.0 Å². The number of benzene rings is 2. The number of rotatable bonds is 6. The molecule has 0 spiro atoms. The monoisotopic (exact) mass is 357 g/mol. The highest BCUT2D eigenvalue weighted by atomic mass is 19.1. The summed E-state index contributed by atoms with van der Waals surface area (Å²) in [6.45, 7) is 3.30. The molecule has 5 nitrogen and oxygen atoms in total. The maximum absolute atomic E-state index is 14.3. The van der Waals surface area contributed by atoms with Crippen LogP contribution in [0.15, 0.2) is 42.5 Å². The third-order valence-corrected chi connectivity index (χ3v) is 4.50. The van der Waals surface area contributed by atoms with Crippen LogP contribution in [0.5, 0.6) is 0 Å². The van der Waals surface area contributed by atoms with E-state index in [1.165, 1.54) is 6.07 Å². The first kappa shape index (κ1) is 18.4. The van der Waals surface area contributed by atoms with Crippen molar-refractivity contribution in [3.63, 3.8) is 0 Å². The van der Waals surface area contributed by atoms with Gasteiger partial charge in [0.1, 0.15) is 11.9 Å². The van der Waals surface area contributed by atoms with E-state index < -0.39 is 11.9 Å². The minimum Gasteiger partial charge on any atom is -0.380 e. The molecule has 2 atom stereocenters. The van der Waals surface area contributed by atoms with Crippen LogP contribution >= 0.6 is 0 Å². The first-order chi connectivity index (χ1) is 12.5. The summed E-state index contributed by atoms with van der Waals surface area (Å²) in [5.41, 5.74) is 8.56. The molecule has 0 bridgehead atoms. The molecular weight excluding hydrogens is 333 g/mol. The number of hydrogen-bond acceptors (Lipinski definition) is 4. The Labute approximate surface area is 152 Å². The fraction of sp³-hybridized carbons (Fsp3) is 0.350. The molecule has 0 saturated carbocycles. The van der Waals surface area contributed by atoms with Crippen LogP contribution < -0.4 is 16.4 Å². The van der Waals surface area contributed by atoms with Crippen molar-refractivity contribution in [2.75, 3.05) is 23.8 Å². The Morgan fingerprint density at radius 1 is 1.31 bits per heavy atom. The highest BCUT2D eigenvalue weighted by Gasteiger charge is 2.18. The summed E-state index contributed by atoms with van der Waals surface area (Å²) < 4.78 is 19.8. The van der Waals surface area contributed by atoms with Gasteiger partial charge < -0.3 is 21.1 Å². The van der Waals surface area contributed by atoms with E-state index in [4.69, 9.17) is 10.5 Å². The number of hydrogen-bond donors (Lipinski definition) is 3. The highest BCUT2D eigenvalue weighted by molar-refractivity contribution is 5.95. The maximum Gasteiger partial charge on any atom is 0.245 e. The summed E-state index contributed by atoms with van der Waals surface area (Å²) in [7, 11) is 0. The van der Waals surface area contributed by atoms with Gasteiger partial charge in [-0.25, -0.2) is 4.39 Å². The van der Waals surface area contributed by atoms with Crippen LogP contribution in [0.25, 0.3) is 0 Å². The van der Waals surface area contributed by atoms with Crippen molar-refractivity contribution < 1.29 is 13.9 Å². The molecule has 1 amide bonds. The lowest BCUT2D eigenvalue weighted by atomic mass is 10.1. The molecule has 26 heavy (non-hydrogen) atoms. The second kappa shape index (κ2) is 8.29. The average Bonchev–Trinajstić information content (AvgIpc) is 3.14. The van der Waals surface area contributed by atoms with Gasteiger partial charge in [-0.05, 0) is 43.5 Å². The molecule has 3 rings (SSSR count). The minimum atomic E-state index is -0.809. The fourth-order valence-electron chi connectivity index (χ4n) is 2.91. The van der Waals surface area contributed by atoms with Gasteiger partial charge in [0.15, 0.2) is 0 Å². The van der Waals surface area contributed by atoms with Crippen LogP contribution in [0.2, 0.25) is 0 Å². The quantitative estimate of drug-likeness (QED) is 0.741. The number of anilines is 2. The summed E-state index contributed by atoms with van der Waals surface area (Å²) in [6.07, 6.45) is 2.15. The molecule has 2 aromatic carbocycles. The number of amides is 1. The zero-order valence-electron chi connectivity index (χ0n) is 14.8. The standard InChI is InChI=1S/C20H24FN3O2/c1-13-4-6-14(7-5-13)19(22)20(25)24-15-8-9-18(17(21)11-15)23-12-16-3-2-10-26-16/h4-9,11,16,19,23H,2-3,10,12,22H2,1H3,(H,24,25). The van der Waals surface area contributed by atoms with E-state index in [9.17, 15) is 9.18 Å². The highest BCUT2D eigenvalue weighted by Crippen LogP contribution is 2.21. The van der Waals surface area contributed by atoms with Crippen LogP contribution in [0.3, 0.4) is 0 Å². The molecule has 6 heteroatoms. The van der Waals surface area contributed by atoms with Gasteiger partial charge in [-0.3, -0.25) is 4.79 Å². The summed E-state index contributed by atoms with van der Waals surface area (Å²) in [5, 5.41) is 5.72. The molecule has 1 heterocycles. The Bertz CT molecular complexity index is 758. The van der Waals surface area contributed by atoms with Gasteiger partial charge in [0.2, 0.25) is 5.91 Å². The summed E-state index contributed by atoms with van der Waals surface area (Å²) in [6, 6.07) is 11.2. The van der Waals surface area contributed by atoms with E-state index in [0.717, 1.165) is 25.0 Å². The predicted molar refractivity (Wildman–Crippen MR) is 101 cm³/mol. The lowest BCUT2D eigenvalue weighted by molar-refractivity contribution is -0.117. The van der Waals surface area contributed by atoms with Crippen molar-refractivity contribution in [1.29, 1.82) is 0 Å². The molecule has 0 radical (unpaired) electrons. The van der Waals surface area contributed by atoms with Crippen molar-refractivity contribution in [2.24, 2.45) is 5.73 Å². The topological polar surface area (TPSA) is 76.4 Å². The Hall–Kier alpha value is -2.44. The van der Waals surface area contributed by atoms with Crippen LogP contribution in [-0.2, 0) is 9.53 Å². The largest absolute Gasteiger partial charge is 0.380 e. The molecule has 0 aliphatic carbocycles. The summed E-state index contributed by atoms with van der Waals surface area (Å²) in [5.74, 6) is -0.807. The van der Waals surface area contributed by atoms with Crippen molar-refractivity contribution in [3.8, 4) is 0 Å². The van der Waals surface area contributed by atoms with Crippen molar-refractivity contribution in [3.05, 3.63) is 59.4 Å². The van der Waals surface area contributed by atoms with Crippen LogP contribution in [0.1, 0.15) is 30.0 Å². The first-order valence-corrected chi connectivity index (χ1v) is 8.81. The first-order valence-electron chi connectivity index (χ1n) is 8.81. The lowest BCUT2D eigenvalue weighted by Crippen LogP contribution is -2.27. The molecule has 2 aromatic rings. The molecule has 1 fully saturated rings. The molecule has 1 aliphatic rings. The van der Waals surface area contributed by atoms with Crippen molar-refractivity contribution in [2.45, 2.75) is 31.9 Å². The molecule has 4 N–H and O–H groups in total. The van der Waals surface area contributed by atoms with Gasteiger partial charge in [-0.2, -0.15) is 0 Å². The van der Waals surface area contributed by atoms with Crippen molar-refractivity contribution >= 4 is 17.3 Å². The van der Waals surface area contributed by atoms with Crippen LogP contribution in [0, 0.1) is 12.7 Å². The van der Waals surface area contributed by atoms with Gasteiger partial charge in [-0.1, -0.05) is 29.8 Å². The van der Waals surface area contributed by atoms with Gasteiger partial charge in [0, 0.05) is 18.8 Å². The van der Waals surface area contributed by atoms with E-state index in [0.29, 0.717) is 23.5 Å². The van der Waals surface area contributed by atoms with E-state index in [1.54, 1.807) is 12.1 Å². The maximum atomic E-state index is 14.3. The van der Waals surface area contributed by atoms with E-state index in [1.807, 2.05) is 31.2 Å². The zero-order chi connectivity index (χ0) is 18.5. The van der Waals surface area contributed by atoms with Gasteiger partial charge in [-0.15, -0.1) is 0 Å². The smallest absolute Gasteiger partial charge is 0.245 e. The number of ether oxygens (including phenoxy) is 1. The SMILES string of the molecule is Cc1ccc(C(N)C(=O)Nc2ccc(NCC3CCCO3)c(F)c2)cc1. The normalized spacial score (nSPS) is 17.7. The summed E-state index contributed by atoms with van der Waals surface area (Å²) >= 11 is 0. The molecular formula is C20H24FN3O2. The molecule has 0 aromatic heterocycles. The van der Waals surface area contributed by atoms with E-state index >= 15 is 0 Å². The van der Waals surface area contributed by atoms with Crippen LogP contribution in [-0.4, -0.2) is 25.2 Å². The number of carbonyl (C=O) groups is 1. The minimum absolute atomic E-state index is 0.126. The summed E-state index contributed by atoms with van der Waals surface area (Å²) in [4.78, 5) is 12.3. The molecule has 1 aliphatic heterocycles. The Morgan fingerprint density at radius 2 is 2.08 bits per heavy atom. The van der Waals surface area contributed by atoms with Gasteiger partial charge >= 0.3 is 0 Å². The number of carbonyl (C=O) groups excluding carboxylic acids is 1. The van der Waals surface area contributed by atoms with Crippen LogP contribution in [0.4, 0.5) is 15.8 Å². The number of aryl methyl sites for hydroxylation is 1. The Morgan fingerprint density at radius 3 is 2.73 bits per heavy atom. The van der Waals surface area contributed by atoms with E-state index in [2.05, 4.69) is 10.6 Å². The molecule has 1 saturated heterocycles. The molecule has 138 valence electrons.